The molecule has 1 aliphatic rings. The smallest absolute Gasteiger partial charge is 0.225 e. The zero-order valence-electron chi connectivity index (χ0n) is 15.3. The van der Waals surface area contributed by atoms with Crippen LogP contribution in [0.2, 0.25) is 0 Å². The Morgan fingerprint density at radius 3 is 2.52 bits per heavy atom. The number of ether oxygens (including phenoxy) is 4. The highest BCUT2D eigenvalue weighted by Crippen LogP contribution is 2.32. The Bertz CT molecular complexity index is 749. The van der Waals surface area contributed by atoms with Crippen LogP contribution in [0.4, 0.5) is 5.69 Å². The topological polar surface area (TPSA) is 78.1 Å². The summed E-state index contributed by atoms with van der Waals surface area (Å²) < 4.78 is 21.7. The van der Waals surface area contributed by atoms with E-state index in [9.17, 15) is 4.79 Å². The van der Waals surface area contributed by atoms with Crippen molar-refractivity contribution in [3.05, 3.63) is 42.5 Å². The first-order chi connectivity index (χ1) is 13.2. The number of rotatable bonds is 9. The van der Waals surface area contributed by atoms with Crippen molar-refractivity contribution in [1.82, 2.24) is 5.32 Å². The van der Waals surface area contributed by atoms with E-state index in [1.165, 1.54) is 0 Å². The lowest BCUT2D eigenvalue weighted by Crippen LogP contribution is -2.25. The maximum absolute atomic E-state index is 12.0. The molecule has 0 radical (unpaired) electrons. The van der Waals surface area contributed by atoms with Gasteiger partial charge in [-0.2, -0.15) is 0 Å². The van der Waals surface area contributed by atoms with Crippen LogP contribution >= 0.6 is 0 Å². The lowest BCUT2D eigenvalue weighted by atomic mass is 10.2. The number of anilines is 1. The molecular formula is C20H24N2O5. The van der Waals surface area contributed by atoms with Gasteiger partial charge >= 0.3 is 0 Å². The van der Waals surface area contributed by atoms with Gasteiger partial charge in [0.25, 0.3) is 0 Å². The highest BCUT2D eigenvalue weighted by molar-refractivity contribution is 5.91. The van der Waals surface area contributed by atoms with E-state index in [4.69, 9.17) is 18.9 Å². The van der Waals surface area contributed by atoms with Crippen molar-refractivity contribution in [2.24, 2.45) is 0 Å². The molecule has 1 amide bonds. The van der Waals surface area contributed by atoms with Gasteiger partial charge in [0.1, 0.15) is 31.3 Å². The van der Waals surface area contributed by atoms with Gasteiger partial charge in [-0.3, -0.25) is 4.79 Å². The number of benzene rings is 2. The lowest BCUT2D eigenvalue weighted by Gasteiger charge is -2.19. The molecule has 1 heterocycles. The van der Waals surface area contributed by atoms with Gasteiger partial charge in [0.05, 0.1) is 7.11 Å². The third-order valence-electron chi connectivity index (χ3n) is 3.96. The molecule has 0 unspecified atom stereocenters. The first-order valence-corrected chi connectivity index (χ1v) is 8.91. The van der Waals surface area contributed by atoms with Crippen molar-refractivity contribution >= 4 is 11.6 Å². The second kappa shape index (κ2) is 9.68. The highest BCUT2D eigenvalue weighted by atomic mass is 16.6. The summed E-state index contributed by atoms with van der Waals surface area (Å²) in [5, 5.41) is 6.05. The van der Waals surface area contributed by atoms with Crippen molar-refractivity contribution < 1.29 is 23.7 Å². The molecule has 3 rings (SSSR count). The fourth-order valence-electron chi connectivity index (χ4n) is 2.58. The minimum Gasteiger partial charge on any atom is -0.497 e. The van der Waals surface area contributed by atoms with Gasteiger partial charge in [-0.05, 0) is 36.4 Å². The third kappa shape index (κ3) is 5.79. The number of methoxy groups -OCH3 is 1. The molecule has 7 heteroatoms. The van der Waals surface area contributed by atoms with Gasteiger partial charge in [-0.1, -0.05) is 0 Å². The monoisotopic (exact) mass is 372 g/mol. The van der Waals surface area contributed by atoms with Crippen LogP contribution in [0.5, 0.6) is 23.0 Å². The summed E-state index contributed by atoms with van der Waals surface area (Å²) in [6, 6.07) is 12.8. The molecule has 0 aromatic heterocycles. The van der Waals surface area contributed by atoms with E-state index in [1.54, 1.807) is 19.2 Å². The molecule has 2 N–H and O–H groups in total. The molecule has 0 saturated carbocycles. The van der Waals surface area contributed by atoms with Gasteiger partial charge < -0.3 is 29.6 Å². The van der Waals surface area contributed by atoms with Gasteiger partial charge in [0, 0.05) is 31.3 Å². The predicted molar refractivity (Wildman–Crippen MR) is 102 cm³/mol. The van der Waals surface area contributed by atoms with Crippen LogP contribution in [-0.4, -0.2) is 45.9 Å². The normalized spacial score (nSPS) is 12.3. The van der Waals surface area contributed by atoms with Crippen LogP contribution < -0.4 is 29.6 Å². The van der Waals surface area contributed by atoms with E-state index in [1.807, 2.05) is 30.3 Å². The minimum atomic E-state index is -0.0600. The maximum atomic E-state index is 12.0. The van der Waals surface area contributed by atoms with Crippen LogP contribution in [0.25, 0.3) is 0 Å². The Morgan fingerprint density at radius 2 is 1.74 bits per heavy atom. The number of carbonyl (C=O) groups is 1. The summed E-state index contributed by atoms with van der Waals surface area (Å²) >= 11 is 0. The highest BCUT2D eigenvalue weighted by Gasteiger charge is 2.12. The van der Waals surface area contributed by atoms with Crippen LogP contribution in [0, 0.1) is 0 Å². The SMILES string of the molecule is COc1ccc(OCCNCCC(=O)Nc2ccc3c(c2)OCCO3)cc1. The summed E-state index contributed by atoms with van der Waals surface area (Å²) in [6.07, 6.45) is 0.372. The summed E-state index contributed by atoms with van der Waals surface area (Å²) in [6.45, 7) is 2.82. The average Bonchev–Trinajstić information content (AvgIpc) is 2.71. The predicted octanol–water partition coefficient (Wildman–Crippen LogP) is 2.46. The number of hydrogen-bond donors (Lipinski definition) is 2. The molecule has 1 aliphatic heterocycles. The van der Waals surface area contributed by atoms with Crippen molar-refractivity contribution in [3.63, 3.8) is 0 Å². The largest absolute Gasteiger partial charge is 0.497 e. The summed E-state index contributed by atoms with van der Waals surface area (Å²) in [7, 11) is 1.63. The molecule has 0 saturated heterocycles. The molecule has 0 fully saturated rings. The van der Waals surface area contributed by atoms with Crippen LogP contribution in [0.1, 0.15) is 6.42 Å². The molecule has 2 aromatic rings. The molecule has 144 valence electrons. The summed E-state index contributed by atoms with van der Waals surface area (Å²) in [5.74, 6) is 2.89. The standard InChI is InChI=1S/C20H24N2O5/c1-24-16-3-5-17(6-4-16)25-11-10-21-9-8-20(23)22-15-2-7-18-19(14-15)27-13-12-26-18/h2-7,14,21H,8-13H2,1H3,(H,22,23). The lowest BCUT2D eigenvalue weighted by molar-refractivity contribution is -0.116. The van der Waals surface area contributed by atoms with Crippen molar-refractivity contribution in [2.75, 3.05) is 45.3 Å². The van der Waals surface area contributed by atoms with Crippen LogP contribution in [0.15, 0.2) is 42.5 Å². The quantitative estimate of drug-likeness (QED) is 0.659. The Morgan fingerprint density at radius 1 is 1.00 bits per heavy atom. The Labute approximate surface area is 158 Å². The molecule has 0 spiro atoms. The third-order valence-corrected chi connectivity index (χ3v) is 3.96. The Kier molecular flexibility index (Phi) is 6.76. The van der Waals surface area contributed by atoms with Crippen molar-refractivity contribution in [1.29, 1.82) is 0 Å². The van der Waals surface area contributed by atoms with E-state index < -0.39 is 0 Å². The van der Waals surface area contributed by atoms with Crippen molar-refractivity contribution in [2.45, 2.75) is 6.42 Å². The first-order valence-electron chi connectivity index (χ1n) is 8.91. The molecule has 0 atom stereocenters. The first kappa shape index (κ1) is 18.8. The summed E-state index contributed by atoms with van der Waals surface area (Å²) in [5.41, 5.74) is 0.701. The molecular weight excluding hydrogens is 348 g/mol. The van der Waals surface area contributed by atoms with Gasteiger partial charge in [-0.15, -0.1) is 0 Å². The molecule has 27 heavy (non-hydrogen) atoms. The minimum absolute atomic E-state index is 0.0600. The molecule has 2 aromatic carbocycles. The Hall–Kier alpha value is -2.93. The zero-order valence-corrected chi connectivity index (χ0v) is 15.3. The second-order valence-electron chi connectivity index (χ2n) is 5.93. The van der Waals surface area contributed by atoms with Gasteiger partial charge in [0.2, 0.25) is 5.91 Å². The average molecular weight is 372 g/mol. The number of fused-ring (bicyclic) bond motifs is 1. The Balaban J connectivity index is 1.30. The molecule has 7 nitrogen and oxygen atoms in total. The van der Waals surface area contributed by atoms with Crippen LogP contribution in [0.3, 0.4) is 0 Å². The zero-order chi connectivity index (χ0) is 18.9. The van der Waals surface area contributed by atoms with E-state index >= 15 is 0 Å². The maximum Gasteiger partial charge on any atom is 0.225 e. The molecule has 0 aliphatic carbocycles. The van der Waals surface area contributed by atoms with Crippen molar-refractivity contribution in [3.8, 4) is 23.0 Å². The van der Waals surface area contributed by atoms with E-state index in [0.29, 0.717) is 56.5 Å². The number of carbonyl (C=O) groups excluding carboxylic acids is 1. The van der Waals surface area contributed by atoms with Gasteiger partial charge in [-0.25, -0.2) is 0 Å². The second-order valence-corrected chi connectivity index (χ2v) is 5.93. The number of amides is 1. The number of hydrogen-bond acceptors (Lipinski definition) is 6. The van der Waals surface area contributed by atoms with E-state index in [-0.39, 0.29) is 5.91 Å². The van der Waals surface area contributed by atoms with Crippen LogP contribution in [-0.2, 0) is 4.79 Å². The number of nitrogens with one attached hydrogen (secondary N) is 2. The summed E-state index contributed by atoms with van der Waals surface area (Å²) in [4.78, 5) is 12.0. The fraction of sp³-hybridized carbons (Fsp3) is 0.350. The van der Waals surface area contributed by atoms with E-state index in [0.717, 1.165) is 11.5 Å². The van der Waals surface area contributed by atoms with E-state index in [2.05, 4.69) is 10.6 Å². The fourth-order valence-corrected chi connectivity index (χ4v) is 2.58. The van der Waals surface area contributed by atoms with Gasteiger partial charge in [0.15, 0.2) is 11.5 Å². The molecule has 0 bridgehead atoms.